The molecule has 0 spiro atoms. The van der Waals surface area contributed by atoms with Crippen molar-refractivity contribution in [3.63, 3.8) is 0 Å². The van der Waals surface area contributed by atoms with Gasteiger partial charge in [0.1, 0.15) is 0 Å². The summed E-state index contributed by atoms with van der Waals surface area (Å²) in [6.07, 6.45) is 7.90. The predicted molar refractivity (Wildman–Crippen MR) is 222 cm³/mol. The summed E-state index contributed by atoms with van der Waals surface area (Å²) in [7, 11) is 0. The first-order valence-corrected chi connectivity index (χ1v) is 18.8. The molecule has 2 aliphatic carbocycles. The Morgan fingerprint density at radius 2 is 1.25 bits per heavy atom. The van der Waals surface area contributed by atoms with E-state index in [4.69, 9.17) is 0 Å². The maximum absolute atomic E-state index is 2.52. The van der Waals surface area contributed by atoms with E-state index in [-0.39, 0.29) is 5.41 Å². The molecule has 7 aromatic carbocycles. The largest absolute Gasteiger partial charge is 0.313 e. The second-order valence-electron chi connectivity index (χ2n) is 15.3. The van der Waals surface area contributed by atoms with Gasteiger partial charge in [0.15, 0.2) is 0 Å². The molecule has 0 radical (unpaired) electrons. The van der Waals surface area contributed by atoms with Crippen molar-refractivity contribution in [2.24, 2.45) is 0 Å². The molecule has 11 rings (SSSR count). The minimum absolute atomic E-state index is 0.0417. The summed E-state index contributed by atoms with van der Waals surface area (Å²) >= 11 is 0. The third kappa shape index (κ3) is 4.39. The van der Waals surface area contributed by atoms with Gasteiger partial charge in [-0.1, -0.05) is 135 Å². The van der Waals surface area contributed by atoms with E-state index in [1.807, 2.05) is 0 Å². The number of benzene rings is 7. The average molecular weight is 679 g/mol. The Kier molecular flexibility index (Phi) is 6.46. The Bertz CT molecular complexity index is 2850. The first kappa shape index (κ1) is 30.3. The molecule has 1 unspecified atom stereocenters. The number of hydrogen-bond acceptors (Lipinski definition) is 1. The first-order chi connectivity index (χ1) is 26.1. The van der Waals surface area contributed by atoms with Crippen LogP contribution >= 0.6 is 0 Å². The van der Waals surface area contributed by atoms with E-state index in [0.29, 0.717) is 5.92 Å². The van der Waals surface area contributed by atoms with Gasteiger partial charge in [0, 0.05) is 44.7 Å². The van der Waals surface area contributed by atoms with Crippen LogP contribution in [-0.4, -0.2) is 4.57 Å². The van der Waals surface area contributed by atoms with E-state index in [2.05, 4.69) is 199 Å². The minimum atomic E-state index is -0.0417. The smallest absolute Gasteiger partial charge is 0.0541 e. The highest BCUT2D eigenvalue weighted by molar-refractivity contribution is 6.11. The fraction of sp³-hybridized carbons (Fsp3) is 0.0980. The van der Waals surface area contributed by atoms with Crippen LogP contribution in [-0.2, 0) is 5.41 Å². The molecule has 0 saturated heterocycles. The van der Waals surface area contributed by atoms with Gasteiger partial charge in [0.2, 0.25) is 0 Å². The number of allylic oxidation sites excluding steroid dienone is 4. The van der Waals surface area contributed by atoms with Crippen molar-refractivity contribution in [2.75, 3.05) is 4.90 Å². The molecule has 0 bridgehead atoms. The van der Waals surface area contributed by atoms with Gasteiger partial charge >= 0.3 is 0 Å². The summed E-state index contributed by atoms with van der Waals surface area (Å²) < 4.78 is 2.44. The van der Waals surface area contributed by atoms with Gasteiger partial charge in [-0.25, -0.2) is 0 Å². The normalized spacial score (nSPS) is 16.4. The van der Waals surface area contributed by atoms with Crippen molar-refractivity contribution >= 4 is 33.2 Å². The summed E-state index contributed by atoms with van der Waals surface area (Å²) in [6.45, 7) is 4.74. The number of rotatable bonds is 4. The number of para-hydroxylation sites is 2. The Labute approximate surface area is 310 Å². The number of anilines is 2. The molecule has 0 N–H and O–H groups in total. The molecule has 2 nitrogen and oxygen atoms in total. The van der Waals surface area contributed by atoms with Crippen molar-refractivity contribution < 1.29 is 0 Å². The van der Waals surface area contributed by atoms with E-state index in [1.54, 1.807) is 0 Å². The van der Waals surface area contributed by atoms with Gasteiger partial charge in [-0.3, -0.25) is 0 Å². The van der Waals surface area contributed by atoms with Gasteiger partial charge < -0.3 is 9.47 Å². The SMILES string of the molecule is CC1(C)c2ccccc2-c2ccc(N3C4=CC=CCC4c4cc(-c5ccc6c(c5)c5ccccc5n6-c5ccccc5-c5ccccc5)ccc43)cc21. The summed E-state index contributed by atoms with van der Waals surface area (Å²) in [5.74, 6) is 0.327. The van der Waals surface area contributed by atoms with Crippen molar-refractivity contribution in [1.82, 2.24) is 4.57 Å². The van der Waals surface area contributed by atoms with Crippen LogP contribution in [0.15, 0.2) is 182 Å². The van der Waals surface area contributed by atoms with Crippen LogP contribution in [0.25, 0.3) is 60.9 Å². The first-order valence-electron chi connectivity index (χ1n) is 18.8. The molecule has 0 fully saturated rings. The van der Waals surface area contributed by atoms with Gasteiger partial charge in [-0.05, 0) is 106 Å². The van der Waals surface area contributed by atoms with E-state index in [1.165, 1.54) is 94.6 Å². The summed E-state index contributed by atoms with van der Waals surface area (Å²) in [4.78, 5) is 2.52. The molecule has 3 aliphatic rings. The fourth-order valence-corrected chi connectivity index (χ4v) is 9.55. The zero-order valence-electron chi connectivity index (χ0n) is 29.9. The molecular weight excluding hydrogens is 641 g/mol. The highest BCUT2D eigenvalue weighted by Gasteiger charge is 2.39. The molecule has 0 saturated carbocycles. The molecule has 1 aliphatic heterocycles. The third-order valence-electron chi connectivity index (χ3n) is 12.1. The second-order valence-corrected chi connectivity index (χ2v) is 15.3. The van der Waals surface area contributed by atoms with Crippen LogP contribution in [0.3, 0.4) is 0 Å². The average Bonchev–Trinajstić information content (AvgIpc) is 3.80. The van der Waals surface area contributed by atoms with E-state index < -0.39 is 0 Å². The highest BCUT2D eigenvalue weighted by Crippen LogP contribution is 2.54. The second kappa shape index (κ2) is 11.3. The van der Waals surface area contributed by atoms with Crippen molar-refractivity contribution in [3.8, 4) is 39.1 Å². The lowest BCUT2D eigenvalue weighted by molar-refractivity contribution is 0.660. The topological polar surface area (TPSA) is 8.17 Å². The van der Waals surface area contributed by atoms with E-state index in [9.17, 15) is 0 Å². The lowest BCUT2D eigenvalue weighted by Crippen LogP contribution is -2.18. The molecule has 2 heteroatoms. The molecule has 252 valence electrons. The van der Waals surface area contributed by atoms with Gasteiger partial charge in [-0.15, -0.1) is 0 Å². The Balaban J connectivity index is 1.03. The molecule has 8 aromatic rings. The van der Waals surface area contributed by atoms with Crippen LogP contribution in [0.5, 0.6) is 0 Å². The lowest BCUT2D eigenvalue weighted by Gasteiger charge is -2.27. The van der Waals surface area contributed by atoms with Gasteiger partial charge in [0.25, 0.3) is 0 Å². The highest BCUT2D eigenvalue weighted by atomic mass is 15.2. The molecule has 53 heavy (non-hydrogen) atoms. The molecular formula is C51H38N2. The molecule has 2 heterocycles. The maximum Gasteiger partial charge on any atom is 0.0541 e. The van der Waals surface area contributed by atoms with Crippen molar-refractivity contribution in [2.45, 2.75) is 31.6 Å². The fourth-order valence-electron chi connectivity index (χ4n) is 9.55. The number of hydrogen-bond donors (Lipinski definition) is 0. The summed E-state index contributed by atoms with van der Waals surface area (Å²) in [5.41, 5.74) is 19.4. The monoisotopic (exact) mass is 678 g/mol. The van der Waals surface area contributed by atoms with Crippen LogP contribution in [0.2, 0.25) is 0 Å². The summed E-state index contributed by atoms with van der Waals surface area (Å²) in [5, 5.41) is 2.54. The Hall–Kier alpha value is -6.38. The third-order valence-corrected chi connectivity index (χ3v) is 12.1. The van der Waals surface area contributed by atoms with Crippen LogP contribution in [0, 0.1) is 0 Å². The zero-order chi connectivity index (χ0) is 35.3. The van der Waals surface area contributed by atoms with E-state index in [0.717, 1.165) is 6.42 Å². The van der Waals surface area contributed by atoms with Gasteiger partial charge in [-0.2, -0.15) is 0 Å². The van der Waals surface area contributed by atoms with Crippen molar-refractivity contribution in [3.05, 3.63) is 198 Å². The van der Waals surface area contributed by atoms with Gasteiger partial charge in [0.05, 0.1) is 16.7 Å². The molecule has 0 amide bonds. The molecule has 1 atom stereocenters. The van der Waals surface area contributed by atoms with Crippen molar-refractivity contribution in [1.29, 1.82) is 0 Å². The van der Waals surface area contributed by atoms with E-state index >= 15 is 0 Å². The number of aromatic nitrogens is 1. The maximum atomic E-state index is 2.52. The summed E-state index contributed by atoms with van der Waals surface area (Å²) in [6, 6.07) is 58.6. The minimum Gasteiger partial charge on any atom is -0.313 e. The van der Waals surface area contributed by atoms with Crippen LogP contribution in [0.1, 0.15) is 42.9 Å². The standard InChI is InChI=1S/C51H38N2/c1-51(2)44-20-10-6-17-38(44)39-27-26-36(32-45(39)51)52-47-22-12-8-18-40(47)42-30-34(24-28-49(42)52)35-25-29-50-43(31-35)41-19-9-13-23-48(41)53(50)46-21-11-7-16-37(46)33-14-4-3-5-15-33/h3-17,19-32,40H,18H2,1-2H3. The van der Waals surface area contributed by atoms with Crippen LogP contribution < -0.4 is 4.90 Å². The number of nitrogens with zero attached hydrogens (tertiary/aromatic N) is 2. The lowest BCUT2D eigenvalue weighted by atomic mass is 9.82. The Morgan fingerprint density at radius 1 is 0.528 bits per heavy atom. The molecule has 1 aromatic heterocycles. The Morgan fingerprint density at radius 3 is 2.15 bits per heavy atom. The number of fused-ring (bicyclic) bond motifs is 9. The van der Waals surface area contributed by atoms with Crippen LogP contribution in [0.4, 0.5) is 11.4 Å². The predicted octanol–water partition coefficient (Wildman–Crippen LogP) is 13.5. The zero-order valence-corrected chi connectivity index (χ0v) is 29.9. The quantitative estimate of drug-likeness (QED) is 0.180.